The summed E-state index contributed by atoms with van der Waals surface area (Å²) in [6, 6.07) is 1.83. The molecule has 0 aromatic carbocycles. The maximum absolute atomic E-state index is 12.1. The molecule has 0 aliphatic heterocycles. The predicted molar refractivity (Wildman–Crippen MR) is 70.7 cm³/mol. The van der Waals surface area contributed by atoms with Crippen molar-refractivity contribution >= 4 is 11.6 Å². The van der Waals surface area contributed by atoms with Gasteiger partial charge in [0.05, 0.1) is 17.8 Å². The van der Waals surface area contributed by atoms with Gasteiger partial charge in [-0.05, 0) is 13.0 Å². The third-order valence-corrected chi connectivity index (χ3v) is 2.61. The monoisotopic (exact) mass is 260 g/mol. The normalized spacial score (nSPS) is 10.3. The molecule has 2 aromatic rings. The van der Waals surface area contributed by atoms with Gasteiger partial charge < -0.3 is 10.6 Å². The molecular formula is C12H16N6O. The van der Waals surface area contributed by atoms with E-state index in [1.165, 1.54) is 0 Å². The van der Waals surface area contributed by atoms with Crippen LogP contribution < -0.4 is 10.6 Å². The summed E-state index contributed by atoms with van der Waals surface area (Å²) in [7, 11) is 3.55. The number of amides is 1. The van der Waals surface area contributed by atoms with Crippen LogP contribution in [-0.2, 0) is 13.6 Å². The topological polar surface area (TPSA) is 84.7 Å². The van der Waals surface area contributed by atoms with Crippen LogP contribution in [0.1, 0.15) is 21.9 Å². The minimum atomic E-state index is -0.204. The maximum Gasteiger partial charge on any atom is 0.255 e. The number of rotatable bonds is 4. The van der Waals surface area contributed by atoms with Crippen molar-refractivity contribution in [2.24, 2.45) is 7.05 Å². The summed E-state index contributed by atoms with van der Waals surface area (Å²) in [4.78, 5) is 20.2. The van der Waals surface area contributed by atoms with Crippen molar-refractivity contribution in [3.05, 3.63) is 35.7 Å². The van der Waals surface area contributed by atoms with Crippen LogP contribution >= 0.6 is 0 Å². The highest BCUT2D eigenvalue weighted by atomic mass is 16.1. The zero-order valence-electron chi connectivity index (χ0n) is 11.1. The van der Waals surface area contributed by atoms with Crippen LogP contribution in [0, 0.1) is 6.92 Å². The number of nitrogens with one attached hydrogen (secondary N) is 2. The smallest absolute Gasteiger partial charge is 0.255 e. The number of nitrogens with zero attached hydrogens (tertiary/aromatic N) is 4. The van der Waals surface area contributed by atoms with Gasteiger partial charge in [0, 0.05) is 26.0 Å². The first-order chi connectivity index (χ1) is 9.10. The van der Waals surface area contributed by atoms with Gasteiger partial charge in [-0.15, -0.1) is 0 Å². The van der Waals surface area contributed by atoms with Gasteiger partial charge in [0.1, 0.15) is 6.33 Å². The molecule has 1 amide bonds. The van der Waals surface area contributed by atoms with Gasteiger partial charge in [0.15, 0.2) is 5.82 Å². The lowest BCUT2D eigenvalue weighted by atomic mass is 10.2. The second-order valence-corrected chi connectivity index (χ2v) is 4.14. The molecule has 2 rings (SSSR count). The standard InChI is InChI=1S/C12H16N6O/c1-8-4-10(13-2)9(5-14-8)12(19)15-6-11-16-7-18(3)17-11/h4-5,7H,6H2,1-3H3,(H,13,14)(H,15,19). The highest BCUT2D eigenvalue weighted by Gasteiger charge is 2.12. The Morgan fingerprint density at radius 1 is 1.42 bits per heavy atom. The van der Waals surface area contributed by atoms with E-state index in [0.717, 1.165) is 11.4 Å². The number of carbonyl (C=O) groups excluding carboxylic acids is 1. The molecule has 0 atom stereocenters. The molecule has 7 heteroatoms. The van der Waals surface area contributed by atoms with Crippen molar-refractivity contribution in [3.63, 3.8) is 0 Å². The van der Waals surface area contributed by atoms with E-state index in [9.17, 15) is 4.79 Å². The van der Waals surface area contributed by atoms with Crippen molar-refractivity contribution < 1.29 is 4.79 Å². The number of hydrogen-bond acceptors (Lipinski definition) is 5. The second kappa shape index (κ2) is 5.47. The number of pyridine rings is 1. The quantitative estimate of drug-likeness (QED) is 0.835. The fourth-order valence-electron chi connectivity index (χ4n) is 1.67. The van der Waals surface area contributed by atoms with E-state index in [1.54, 1.807) is 31.3 Å². The lowest BCUT2D eigenvalue weighted by molar-refractivity contribution is 0.0950. The summed E-state index contributed by atoms with van der Waals surface area (Å²) >= 11 is 0. The minimum absolute atomic E-state index is 0.204. The van der Waals surface area contributed by atoms with Crippen LogP contribution in [0.15, 0.2) is 18.6 Å². The lowest BCUT2D eigenvalue weighted by Gasteiger charge is -2.09. The molecule has 0 aliphatic rings. The van der Waals surface area contributed by atoms with Gasteiger partial charge >= 0.3 is 0 Å². The largest absolute Gasteiger partial charge is 0.387 e. The first-order valence-electron chi connectivity index (χ1n) is 5.87. The summed E-state index contributed by atoms with van der Waals surface area (Å²) in [6.07, 6.45) is 3.15. The Bertz CT molecular complexity index is 592. The first-order valence-corrected chi connectivity index (χ1v) is 5.87. The molecule has 7 nitrogen and oxygen atoms in total. The zero-order valence-corrected chi connectivity index (χ0v) is 11.1. The van der Waals surface area contributed by atoms with Crippen LogP contribution in [0.5, 0.6) is 0 Å². The van der Waals surface area contributed by atoms with E-state index in [-0.39, 0.29) is 12.5 Å². The fourth-order valence-corrected chi connectivity index (χ4v) is 1.67. The molecule has 19 heavy (non-hydrogen) atoms. The third kappa shape index (κ3) is 3.06. The van der Waals surface area contributed by atoms with Gasteiger partial charge in [0.25, 0.3) is 5.91 Å². The van der Waals surface area contributed by atoms with Crippen molar-refractivity contribution in [2.45, 2.75) is 13.5 Å². The van der Waals surface area contributed by atoms with E-state index >= 15 is 0 Å². The van der Waals surface area contributed by atoms with E-state index in [0.29, 0.717) is 11.4 Å². The van der Waals surface area contributed by atoms with Gasteiger partial charge in [-0.3, -0.25) is 14.5 Å². The summed E-state index contributed by atoms with van der Waals surface area (Å²) in [5.74, 6) is 0.367. The van der Waals surface area contributed by atoms with Crippen molar-refractivity contribution in [1.29, 1.82) is 0 Å². The molecule has 0 radical (unpaired) electrons. The Balaban J connectivity index is 2.07. The Morgan fingerprint density at radius 3 is 2.84 bits per heavy atom. The fraction of sp³-hybridized carbons (Fsp3) is 0.333. The van der Waals surface area contributed by atoms with Gasteiger partial charge in [0.2, 0.25) is 0 Å². The predicted octanol–water partition coefficient (Wildman–Crippen LogP) is 0.490. The number of carbonyl (C=O) groups is 1. The van der Waals surface area contributed by atoms with Crippen molar-refractivity contribution in [3.8, 4) is 0 Å². The number of aryl methyl sites for hydroxylation is 2. The highest BCUT2D eigenvalue weighted by Crippen LogP contribution is 2.14. The molecule has 0 unspecified atom stereocenters. The molecule has 0 fully saturated rings. The Labute approximate surface area is 111 Å². The van der Waals surface area contributed by atoms with Gasteiger partial charge in [-0.2, -0.15) is 5.10 Å². The van der Waals surface area contributed by atoms with E-state index in [1.807, 2.05) is 13.0 Å². The van der Waals surface area contributed by atoms with Gasteiger partial charge in [-0.1, -0.05) is 0 Å². The van der Waals surface area contributed by atoms with Gasteiger partial charge in [-0.25, -0.2) is 4.98 Å². The van der Waals surface area contributed by atoms with Crippen LogP contribution in [0.2, 0.25) is 0 Å². The third-order valence-electron chi connectivity index (χ3n) is 2.61. The Morgan fingerprint density at radius 2 is 2.21 bits per heavy atom. The Kier molecular flexibility index (Phi) is 3.74. The van der Waals surface area contributed by atoms with E-state index in [4.69, 9.17) is 0 Å². The number of aromatic nitrogens is 4. The maximum atomic E-state index is 12.1. The summed E-state index contributed by atoms with van der Waals surface area (Å²) < 4.78 is 1.59. The molecule has 0 saturated carbocycles. The summed E-state index contributed by atoms with van der Waals surface area (Å²) in [6.45, 7) is 2.16. The zero-order chi connectivity index (χ0) is 13.8. The summed E-state index contributed by atoms with van der Waals surface area (Å²) in [5, 5.41) is 9.84. The molecule has 100 valence electrons. The van der Waals surface area contributed by atoms with E-state index < -0.39 is 0 Å². The SMILES string of the molecule is CNc1cc(C)ncc1C(=O)NCc1ncn(C)n1. The molecule has 0 saturated heterocycles. The average molecular weight is 260 g/mol. The molecule has 0 aliphatic carbocycles. The van der Waals surface area contributed by atoms with Crippen LogP contribution in [0.3, 0.4) is 0 Å². The first kappa shape index (κ1) is 13.0. The number of anilines is 1. The highest BCUT2D eigenvalue weighted by molar-refractivity contribution is 5.99. The van der Waals surface area contributed by atoms with E-state index in [2.05, 4.69) is 25.7 Å². The second-order valence-electron chi connectivity index (χ2n) is 4.14. The lowest BCUT2D eigenvalue weighted by Crippen LogP contribution is -2.24. The van der Waals surface area contributed by atoms with Crippen molar-refractivity contribution in [2.75, 3.05) is 12.4 Å². The molecule has 2 aromatic heterocycles. The average Bonchev–Trinajstić information content (AvgIpc) is 2.81. The van der Waals surface area contributed by atoms with Crippen LogP contribution in [-0.4, -0.2) is 32.7 Å². The Hall–Kier alpha value is -2.44. The molecular weight excluding hydrogens is 244 g/mol. The number of hydrogen-bond donors (Lipinski definition) is 2. The molecule has 0 spiro atoms. The molecule has 2 N–H and O–H groups in total. The minimum Gasteiger partial charge on any atom is -0.387 e. The van der Waals surface area contributed by atoms with Crippen LogP contribution in [0.25, 0.3) is 0 Å². The molecule has 0 bridgehead atoms. The summed E-state index contributed by atoms with van der Waals surface area (Å²) in [5.41, 5.74) is 2.11. The van der Waals surface area contributed by atoms with Crippen LogP contribution in [0.4, 0.5) is 5.69 Å². The van der Waals surface area contributed by atoms with Crippen molar-refractivity contribution in [1.82, 2.24) is 25.1 Å². The molecule has 2 heterocycles.